The van der Waals surface area contributed by atoms with Gasteiger partial charge in [0.05, 0.1) is 5.92 Å². The Kier molecular flexibility index (Phi) is 2.59. The second-order valence-corrected chi connectivity index (χ2v) is 4.91. The zero-order valence-electron chi connectivity index (χ0n) is 9.53. The van der Waals surface area contributed by atoms with E-state index in [1.54, 1.807) is 21.0 Å². The monoisotopic (exact) mass is 210 g/mol. The maximum atomic E-state index is 11.9. The fourth-order valence-electron chi connectivity index (χ4n) is 2.41. The first-order valence-electron chi connectivity index (χ1n) is 5.48. The summed E-state index contributed by atoms with van der Waals surface area (Å²) in [4.78, 5) is 11.9. The molecule has 3 nitrogen and oxygen atoms in total. The molecular formula is C12H18O3. The summed E-state index contributed by atoms with van der Waals surface area (Å²) in [5, 5.41) is 0. The molecule has 0 aromatic heterocycles. The fraction of sp³-hybridized carbons (Fsp3) is 0.750. The molecule has 84 valence electrons. The Bertz CT molecular complexity index is 293. The molecule has 2 bridgehead atoms. The van der Waals surface area contributed by atoms with Crippen molar-refractivity contribution in [1.29, 1.82) is 0 Å². The maximum Gasteiger partial charge on any atom is 0.312 e. The van der Waals surface area contributed by atoms with Crippen molar-refractivity contribution in [2.75, 3.05) is 7.11 Å². The van der Waals surface area contributed by atoms with Crippen LogP contribution in [0, 0.1) is 17.8 Å². The van der Waals surface area contributed by atoms with Gasteiger partial charge in [0.1, 0.15) is 0 Å². The van der Waals surface area contributed by atoms with Crippen LogP contribution >= 0.6 is 0 Å². The third-order valence-electron chi connectivity index (χ3n) is 3.42. The molecule has 15 heavy (non-hydrogen) atoms. The van der Waals surface area contributed by atoms with Crippen LogP contribution in [-0.2, 0) is 14.3 Å². The minimum atomic E-state index is -0.803. The topological polar surface area (TPSA) is 35.5 Å². The highest BCUT2D eigenvalue weighted by Crippen LogP contribution is 2.44. The first kappa shape index (κ1) is 10.7. The minimum Gasteiger partial charge on any atom is -0.433 e. The van der Waals surface area contributed by atoms with Gasteiger partial charge in [0.2, 0.25) is 5.79 Å². The van der Waals surface area contributed by atoms with Crippen LogP contribution in [0.1, 0.15) is 26.7 Å². The van der Waals surface area contributed by atoms with E-state index in [4.69, 9.17) is 9.47 Å². The summed E-state index contributed by atoms with van der Waals surface area (Å²) in [6, 6.07) is 0. The minimum absolute atomic E-state index is 0.0504. The zero-order valence-corrected chi connectivity index (χ0v) is 9.53. The number of carbonyl (C=O) groups excluding carboxylic acids is 1. The highest BCUT2D eigenvalue weighted by molar-refractivity contribution is 5.74. The lowest BCUT2D eigenvalue weighted by atomic mass is 9.94. The second-order valence-electron chi connectivity index (χ2n) is 4.91. The molecule has 3 unspecified atom stereocenters. The Labute approximate surface area is 90.4 Å². The third kappa shape index (κ3) is 2.07. The average molecular weight is 210 g/mol. The summed E-state index contributed by atoms with van der Waals surface area (Å²) in [5.41, 5.74) is 0. The molecule has 2 aliphatic carbocycles. The maximum absolute atomic E-state index is 11.9. The van der Waals surface area contributed by atoms with Gasteiger partial charge in [0, 0.05) is 21.0 Å². The van der Waals surface area contributed by atoms with Gasteiger partial charge in [-0.1, -0.05) is 12.2 Å². The molecule has 0 aromatic carbocycles. The number of carbonyl (C=O) groups is 1. The molecule has 0 radical (unpaired) electrons. The summed E-state index contributed by atoms with van der Waals surface area (Å²) in [5.74, 6) is 0.129. The van der Waals surface area contributed by atoms with E-state index in [1.165, 1.54) is 0 Å². The van der Waals surface area contributed by atoms with Crippen molar-refractivity contribution in [3.05, 3.63) is 12.2 Å². The largest absolute Gasteiger partial charge is 0.433 e. The Morgan fingerprint density at radius 3 is 2.53 bits per heavy atom. The lowest BCUT2D eigenvalue weighted by Crippen LogP contribution is -2.34. The first-order valence-corrected chi connectivity index (χ1v) is 5.48. The molecule has 0 aliphatic heterocycles. The Morgan fingerprint density at radius 1 is 1.33 bits per heavy atom. The number of allylic oxidation sites excluding steroid dienone is 2. The molecule has 2 rings (SSSR count). The Balaban J connectivity index is 1.95. The van der Waals surface area contributed by atoms with E-state index in [-0.39, 0.29) is 11.9 Å². The van der Waals surface area contributed by atoms with Crippen molar-refractivity contribution in [1.82, 2.24) is 0 Å². The van der Waals surface area contributed by atoms with Crippen molar-refractivity contribution < 1.29 is 14.3 Å². The van der Waals surface area contributed by atoms with Gasteiger partial charge in [0.15, 0.2) is 0 Å². The fourth-order valence-corrected chi connectivity index (χ4v) is 2.41. The smallest absolute Gasteiger partial charge is 0.312 e. The molecule has 1 saturated carbocycles. The standard InChI is InChI=1S/C12H18O3/c1-12(2,14-3)15-11(13)10-7-8-4-5-9(10)6-8/h4-5,8-10H,6-7H2,1-3H3. The van der Waals surface area contributed by atoms with Crippen LogP contribution in [0.3, 0.4) is 0 Å². The van der Waals surface area contributed by atoms with Gasteiger partial charge < -0.3 is 9.47 Å². The highest BCUT2D eigenvalue weighted by atomic mass is 16.7. The van der Waals surface area contributed by atoms with Crippen LogP contribution in [0.15, 0.2) is 12.2 Å². The van der Waals surface area contributed by atoms with E-state index in [0.717, 1.165) is 12.8 Å². The molecule has 3 heteroatoms. The average Bonchev–Trinajstić information content (AvgIpc) is 2.78. The summed E-state index contributed by atoms with van der Waals surface area (Å²) >= 11 is 0. The molecule has 2 aliphatic rings. The number of esters is 1. The molecule has 0 N–H and O–H groups in total. The normalized spacial score (nSPS) is 33.4. The van der Waals surface area contributed by atoms with Crippen LogP contribution in [0.4, 0.5) is 0 Å². The number of ether oxygens (including phenoxy) is 2. The van der Waals surface area contributed by atoms with Crippen molar-refractivity contribution in [3.8, 4) is 0 Å². The Hall–Kier alpha value is -0.830. The summed E-state index contributed by atoms with van der Waals surface area (Å²) in [6.45, 7) is 3.52. The lowest BCUT2D eigenvalue weighted by molar-refractivity contribution is -0.210. The zero-order chi connectivity index (χ0) is 11.1. The van der Waals surface area contributed by atoms with Crippen LogP contribution < -0.4 is 0 Å². The number of hydrogen-bond donors (Lipinski definition) is 0. The molecule has 0 spiro atoms. The molecule has 0 aromatic rings. The lowest BCUT2D eigenvalue weighted by Gasteiger charge is -2.26. The van der Waals surface area contributed by atoms with E-state index < -0.39 is 5.79 Å². The van der Waals surface area contributed by atoms with E-state index in [9.17, 15) is 4.79 Å². The van der Waals surface area contributed by atoms with E-state index >= 15 is 0 Å². The second kappa shape index (κ2) is 3.63. The predicted octanol–water partition coefficient (Wildman–Crippen LogP) is 2.12. The van der Waals surface area contributed by atoms with Gasteiger partial charge >= 0.3 is 5.97 Å². The van der Waals surface area contributed by atoms with Crippen molar-refractivity contribution in [2.24, 2.45) is 17.8 Å². The number of hydrogen-bond acceptors (Lipinski definition) is 3. The van der Waals surface area contributed by atoms with Crippen molar-refractivity contribution >= 4 is 5.97 Å². The van der Waals surface area contributed by atoms with Gasteiger partial charge in [-0.15, -0.1) is 0 Å². The molecule has 3 atom stereocenters. The Morgan fingerprint density at radius 2 is 2.07 bits per heavy atom. The first-order chi connectivity index (χ1) is 7.02. The third-order valence-corrected chi connectivity index (χ3v) is 3.42. The van der Waals surface area contributed by atoms with E-state index in [2.05, 4.69) is 12.2 Å². The quantitative estimate of drug-likeness (QED) is 0.406. The van der Waals surface area contributed by atoms with Gasteiger partial charge in [-0.2, -0.15) is 0 Å². The van der Waals surface area contributed by atoms with E-state index in [0.29, 0.717) is 11.8 Å². The summed E-state index contributed by atoms with van der Waals surface area (Å²) in [6.07, 6.45) is 6.43. The number of rotatable bonds is 3. The van der Waals surface area contributed by atoms with Crippen molar-refractivity contribution in [3.63, 3.8) is 0 Å². The van der Waals surface area contributed by atoms with Gasteiger partial charge in [-0.05, 0) is 24.7 Å². The molecular weight excluding hydrogens is 192 g/mol. The number of fused-ring (bicyclic) bond motifs is 2. The molecule has 1 fully saturated rings. The van der Waals surface area contributed by atoms with Gasteiger partial charge in [-0.25, -0.2) is 0 Å². The summed E-state index contributed by atoms with van der Waals surface area (Å²) < 4.78 is 10.4. The molecule has 0 heterocycles. The molecule has 0 saturated heterocycles. The highest BCUT2D eigenvalue weighted by Gasteiger charge is 2.42. The van der Waals surface area contributed by atoms with Crippen molar-refractivity contribution in [2.45, 2.75) is 32.5 Å². The van der Waals surface area contributed by atoms with Crippen LogP contribution in [-0.4, -0.2) is 18.9 Å². The van der Waals surface area contributed by atoms with Crippen LogP contribution in [0.5, 0.6) is 0 Å². The molecule has 0 amide bonds. The SMILES string of the molecule is COC(C)(C)OC(=O)C1CC2C=CC1C2. The van der Waals surface area contributed by atoms with Crippen LogP contribution in [0.2, 0.25) is 0 Å². The van der Waals surface area contributed by atoms with E-state index in [1.807, 2.05) is 0 Å². The summed E-state index contributed by atoms with van der Waals surface area (Å²) in [7, 11) is 1.55. The van der Waals surface area contributed by atoms with Gasteiger partial charge in [0.25, 0.3) is 0 Å². The van der Waals surface area contributed by atoms with Gasteiger partial charge in [-0.3, -0.25) is 4.79 Å². The van der Waals surface area contributed by atoms with Crippen LogP contribution in [0.25, 0.3) is 0 Å². The number of methoxy groups -OCH3 is 1. The predicted molar refractivity (Wildman–Crippen MR) is 56.0 cm³/mol.